The summed E-state index contributed by atoms with van der Waals surface area (Å²) in [5.74, 6) is 1.17. The summed E-state index contributed by atoms with van der Waals surface area (Å²) in [6, 6.07) is 0.488. The Balaban J connectivity index is 2.34. The van der Waals surface area contributed by atoms with Crippen LogP contribution < -0.4 is 0 Å². The SMILES string of the molecule is CC1CC(C)(C)CC2(C1)C(=O)CCN2C(C)C. The molecule has 1 saturated heterocycles. The Kier molecular flexibility index (Phi) is 3.14. The standard InChI is InChI=1S/C15H27NO/c1-11(2)16-7-6-13(17)15(16)9-12(3)8-14(4,5)10-15/h11-12H,6-10H2,1-5H3. The van der Waals surface area contributed by atoms with Gasteiger partial charge >= 0.3 is 0 Å². The van der Waals surface area contributed by atoms with Gasteiger partial charge in [-0.1, -0.05) is 20.8 Å². The molecular weight excluding hydrogens is 210 g/mol. The van der Waals surface area contributed by atoms with Crippen LogP contribution in [0.3, 0.4) is 0 Å². The van der Waals surface area contributed by atoms with Crippen molar-refractivity contribution in [3.63, 3.8) is 0 Å². The second-order valence-electron chi connectivity index (χ2n) is 7.35. The van der Waals surface area contributed by atoms with Crippen LogP contribution in [0.5, 0.6) is 0 Å². The van der Waals surface area contributed by atoms with Gasteiger partial charge in [0.25, 0.3) is 0 Å². The van der Waals surface area contributed by atoms with Crippen LogP contribution in [0.25, 0.3) is 0 Å². The first-order valence-electron chi connectivity index (χ1n) is 7.07. The molecule has 98 valence electrons. The summed E-state index contributed by atoms with van der Waals surface area (Å²) >= 11 is 0. The molecule has 2 unspecified atom stereocenters. The topological polar surface area (TPSA) is 20.3 Å². The molecular formula is C15H27NO. The summed E-state index contributed by atoms with van der Waals surface area (Å²) < 4.78 is 0. The molecule has 0 amide bonds. The van der Waals surface area contributed by atoms with Crippen LogP contribution in [0.15, 0.2) is 0 Å². The molecule has 0 N–H and O–H groups in total. The molecule has 2 aliphatic rings. The van der Waals surface area contributed by atoms with Gasteiger partial charge in [-0.05, 0) is 44.4 Å². The lowest BCUT2D eigenvalue weighted by molar-refractivity contribution is -0.131. The number of hydrogen-bond acceptors (Lipinski definition) is 2. The van der Waals surface area contributed by atoms with Gasteiger partial charge in [-0.25, -0.2) is 0 Å². The molecule has 0 aromatic rings. The van der Waals surface area contributed by atoms with Gasteiger partial charge in [-0.15, -0.1) is 0 Å². The lowest BCUT2D eigenvalue weighted by atomic mass is 9.63. The highest BCUT2D eigenvalue weighted by Crippen LogP contribution is 2.49. The van der Waals surface area contributed by atoms with E-state index in [2.05, 4.69) is 39.5 Å². The summed E-state index contributed by atoms with van der Waals surface area (Å²) in [4.78, 5) is 14.9. The van der Waals surface area contributed by atoms with Gasteiger partial charge in [0.15, 0.2) is 5.78 Å². The molecule has 0 radical (unpaired) electrons. The number of carbonyl (C=O) groups is 1. The zero-order valence-electron chi connectivity index (χ0n) is 12.0. The van der Waals surface area contributed by atoms with Crippen molar-refractivity contribution in [3.05, 3.63) is 0 Å². The number of likely N-dealkylation sites (tertiary alicyclic amines) is 1. The fraction of sp³-hybridized carbons (Fsp3) is 0.933. The smallest absolute Gasteiger partial charge is 0.154 e. The molecule has 1 saturated carbocycles. The van der Waals surface area contributed by atoms with Crippen molar-refractivity contribution in [1.29, 1.82) is 0 Å². The van der Waals surface area contributed by atoms with E-state index in [9.17, 15) is 4.79 Å². The summed E-state index contributed by atoms with van der Waals surface area (Å²) in [5, 5.41) is 0. The largest absolute Gasteiger partial charge is 0.298 e. The van der Waals surface area contributed by atoms with Gasteiger partial charge in [-0.2, -0.15) is 0 Å². The van der Waals surface area contributed by atoms with E-state index in [-0.39, 0.29) is 5.54 Å². The number of nitrogens with zero attached hydrogens (tertiary/aromatic N) is 1. The predicted molar refractivity (Wildman–Crippen MR) is 71.0 cm³/mol. The lowest BCUT2D eigenvalue weighted by Crippen LogP contribution is -2.57. The number of Topliss-reactive ketones (excluding diaryl/α,β-unsaturated/α-hetero) is 1. The molecule has 2 heteroatoms. The zero-order chi connectivity index (χ0) is 12.8. The third kappa shape index (κ3) is 2.16. The molecule has 2 rings (SSSR count). The molecule has 1 heterocycles. The molecule has 2 atom stereocenters. The number of rotatable bonds is 1. The van der Waals surface area contributed by atoms with Gasteiger partial charge < -0.3 is 0 Å². The maximum atomic E-state index is 12.5. The van der Waals surface area contributed by atoms with Gasteiger partial charge in [0, 0.05) is 19.0 Å². The van der Waals surface area contributed by atoms with Gasteiger partial charge in [-0.3, -0.25) is 9.69 Å². The summed E-state index contributed by atoms with van der Waals surface area (Å²) in [5.41, 5.74) is 0.181. The van der Waals surface area contributed by atoms with Gasteiger partial charge in [0.05, 0.1) is 5.54 Å². The van der Waals surface area contributed by atoms with E-state index in [1.165, 1.54) is 6.42 Å². The highest BCUT2D eigenvalue weighted by molar-refractivity contribution is 5.91. The first-order valence-corrected chi connectivity index (χ1v) is 7.07. The predicted octanol–water partition coefficient (Wildman–Crippen LogP) is 3.25. The van der Waals surface area contributed by atoms with Crippen molar-refractivity contribution in [2.75, 3.05) is 6.54 Å². The van der Waals surface area contributed by atoms with Crippen molar-refractivity contribution in [2.45, 2.75) is 71.9 Å². The number of carbonyl (C=O) groups excluding carboxylic acids is 1. The van der Waals surface area contributed by atoms with E-state index in [1.807, 2.05) is 0 Å². The Labute approximate surface area is 106 Å². The van der Waals surface area contributed by atoms with Crippen LogP contribution in [0.1, 0.15) is 60.3 Å². The highest BCUT2D eigenvalue weighted by atomic mass is 16.1. The summed E-state index contributed by atoms with van der Waals surface area (Å²) in [6.45, 7) is 12.4. The fourth-order valence-electron chi connectivity index (χ4n) is 4.54. The van der Waals surface area contributed by atoms with Gasteiger partial charge in [0.1, 0.15) is 0 Å². The molecule has 1 aliphatic carbocycles. The van der Waals surface area contributed by atoms with E-state index in [1.54, 1.807) is 0 Å². The molecule has 0 bridgehead atoms. The van der Waals surface area contributed by atoms with Gasteiger partial charge in [0.2, 0.25) is 0 Å². The van der Waals surface area contributed by atoms with Crippen molar-refractivity contribution >= 4 is 5.78 Å². The molecule has 0 aromatic heterocycles. The molecule has 0 aromatic carbocycles. The normalized spacial score (nSPS) is 38.2. The third-order valence-corrected chi connectivity index (χ3v) is 4.63. The molecule has 2 fully saturated rings. The Morgan fingerprint density at radius 1 is 1.29 bits per heavy atom. The lowest BCUT2D eigenvalue weighted by Gasteiger charge is -2.50. The second-order valence-corrected chi connectivity index (χ2v) is 7.35. The molecule has 2 nitrogen and oxygen atoms in total. The van der Waals surface area contributed by atoms with Crippen molar-refractivity contribution in [3.8, 4) is 0 Å². The minimum atomic E-state index is -0.130. The quantitative estimate of drug-likeness (QED) is 0.697. The van der Waals surface area contributed by atoms with Crippen LogP contribution in [0.4, 0.5) is 0 Å². The zero-order valence-corrected chi connectivity index (χ0v) is 12.0. The minimum Gasteiger partial charge on any atom is -0.298 e. The molecule has 17 heavy (non-hydrogen) atoms. The van der Waals surface area contributed by atoms with Crippen LogP contribution in [-0.2, 0) is 4.79 Å². The number of hydrogen-bond donors (Lipinski definition) is 0. The highest BCUT2D eigenvalue weighted by Gasteiger charge is 2.54. The maximum Gasteiger partial charge on any atom is 0.154 e. The molecule has 1 aliphatic heterocycles. The summed E-state index contributed by atoms with van der Waals surface area (Å²) in [7, 11) is 0. The van der Waals surface area contributed by atoms with Crippen molar-refractivity contribution in [2.24, 2.45) is 11.3 Å². The summed E-state index contributed by atoms with van der Waals surface area (Å²) in [6.07, 6.45) is 4.16. The van der Waals surface area contributed by atoms with Crippen molar-refractivity contribution < 1.29 is 4.79 Å². The maximum absolute atomic E-state index is 12.5. The van der Waals surface area contributed by atoms with Crippen LogP contribution >= 0.6 is 0 Å². The van der Waals surface area contributed by atoms with Crippen molar-refractivity contribution in [1.82, 2.24) is 4.90 Å². The van der Waals surface area contributed by atoms with Crippen LogP contribution in [0, 0.1) is 11.3 Å². The first-order chi connectivity index (χ1) is 7.77. The van der Waals surface area contributed by atoms with Crippen LogP contribution in [0.2, 0.25) is 0 Å². The first kappa shape index (κ1) is 13.1. The minimum absolute atomic E-state index is 0.130. The average molecular weight is 237 g/mol. The van der Waals surface area contributed by atoms with Crippen LogP contribution in [-0.4, -0.2) is 28.8 Å². The van der Waals surface area contributed by atoms with E-state index in [4.69, 9.17) is 0 Å². The molecule has 1 spiro atoms. The monoisotopic (exact) mass is 237 g/mol. The number of ketones is 1. The Morgan fingerprint density at radius 2 is 1.94 bits per heavy atom. The average Bonchev–Trinajstić information content (AvgIpc) is 2.40. The van der Waals surface area contributed by atoms with E-state index < -0.39 is 0 Å². The fourth-order valence-corrected chi connectivity index (χ4v) is 4.54. The van der Waals surface area contributed by atoms with E-state index in [0.29, 0.717) is 23.2 Å². The second kappa shape index (κ2) is 4.08. The third-order valence-electron chi connectivity index (χ3n) is 4.63. The van der Waals surface area contributed by atoms with E-state index in [0.717, 1.165) is 25.8 Å². The Morgan fingerprint density at radius 3 is 2.47 bits per heavy atom. The van der Waals surface area contributed by atoms with E-state index >= 15 is 0 Å². The Bertz CT molecular complexity index is 321. The Hall–Kier alpha value is -0.370.